The van der Waals surface area contributed by atoms with Crippen molar-refractivity contribution in [2.75, 3.05) is 40.9 Å². The predicted molar refractivity (Wildman–Crippen MR) is 231 cm³/mol. The highest BCUT2D eigenvalue weighted by atomic mass is 16.6. The summed E-state index contributed by atoms with van der Waals surface area (Å²) >= 11 is 0. The van der Waals surface area contributed by atoms with Gasteiger partial charge in [-0.2, -0.15) is 0 Å². The van der Waals surface area contributed by atoms with E-state index >= 15 is 0 Å². The summed E-state index contributed by atoms with van der Waals surface area (Å²) in [5.74, 6) is 1.63. The molecule has 13 heteroatoms. The van der Waals surface area contributed by atoms with Gasteiger partial charge in [-0.1, -0.05) is 35.4 Å². The Labute approximate surface area is 352 Å². The number of carbonyl (C=O) groups excluding carboxylic acids is 3. The number of carbonyl (C=O) groups is 3. The zero-order valence-corrected chi connectivity index (χ0v) is 35.9. The third-order valence-electron chi connectivity index (χ3n) is 11.2. The van der Waals surface area contributed by atoms with E-state index in [0.29, 0.717) is 78.0 Å². The molecule has 4 heterocycles. The van der Waals surface area contributed by atoms with E-state index in [9.17, 15) is 14.4 Å². The van der Waals surface area contributed by atoms with E-state index in [2.05, 4.69) is 24.3 Å². The highest BCUT2D eigenvalue weighted by Crippen LogP contribution is 2.41. The van der Waals surface area contributed by atoms with Crippen LogP contribution in [0.2, 0.25) is 0 Å². The van der Waals surface area contributed by atoms with Crippen molar-refractivity contribution in [1.82, 2.24) is 14.7 Å². The Kier molecular flexibility index (Phi) is 12.3. The molecule has 7 rings (SSSR count). The zero-order valence-electron chi connectivity index (χ0n) is 35.9. The number of aryl methyl sites for hydroxylation is 1. The molecule has 0 saturated carbocycles. The molecule has 2 atom stereocenters. The van der Waals surface area contributed by atoms with Crippen LogP contribution in [0, 0.1) is 0 Å². The fraction of sp³-hybridized carbons (Fsp3) is 0.426. The van der Waals surface area contributed by atoms with Crippen molar-refractivity contribution in [2.24, 2.45) is 9.98 Å². The standard InChI is InChI=1S/C47H55N5O8/c1-9-29-17-34-23-48-38-21-42(40(56-7)19-36(38)44(53)51(34)25-29)58-27-32-14-31(12-11-13-50(6)46(55)60-47(3,4)5)15-33(16-32)28-59-43-22-39-37(20-41(43)57-8)45(54)52-26-30(10-2)18-35(52)24-49-39/h9-10,14-16,19-24,34-35H,11-13,17-18,25-28H2,1-8H3/t34-,35-/m0/s1. The summed E-state index contributed by atoms with van der Waals surface area (Å²) in [5.41, 5.74) is 6.65. The number of aliphatic imine (C=N–C) groups is 2. The first kappa shape index (κ1) is 42.0. The summed E-state index contributed by atoms with van der Waals surface area (Å²) in [5, 5.41) is 0. The summed E-state index contributed by atoms with van der Waals surface area (Å²) in [7, 11) is 4.85. The number of benzene rings is 3. The summed E-state index contributed by atoms with van der Waals surface area (Å²) < 4.78 is 29.9. The van der Waals surface area contributed by atoms with Crippen LogP contribution in [-0.4, -0.2) is 104 Å². The molecule has 3 amide bonds. The molecular weight excluding hydrogens is 763 g/mol. The van der Waals surface area contributed by atoms with Gasteiger partial charge in [-0.3, -0.25) is 19.6 Å². The molecule has 3 aromatic carbocycles. The van der Waals surface area contributed by atoms with Gasteiger partial charge in [0.25, 0.3) is 11.8 Å². The molecule has 4 aliphatic rings. The number of hydrogen-bond acceptors (Lipinski definition) is 10. The molecule has 0 aliphatic carbocycles. The van der Waals surface area contributed by atoms with Crippen LogP contribution in [0.4, 0.5) is 16.2 Å². The average Bonchev–Trinajstić information content (AvgIpc) is 3.80. The van der Waals surface area contributed by atoms with Crippen LogP contribution in [0.1, 0.15) is 91.3 Å². The van der Waals surface area contributed by atoms with Crippen molar-refractivity contribution in [3.8, 4) is 23.0 Å². The second kappa shape index (κ2) is 17.6. The summed E-state index contributed by atoms with van der Waals surface area (Å²) in [4.78, 5) is 54.7. The minimum Gasteiger partial charge on any atom is -0.493 e. The maximum Gasteiger partial charge on any atom is 0.410 e. The van der Waals surface area contributed by atoms with Crippen LogP contribution >= 0.6 is 0 Å². The Morgan fingerprint density at radius 1 is 0.733 bits per heavy atom. The topological polar surface area (TPSA) is 132 Å². The number of fused-ring (bicyclic) bond motifs is 4. The minimum absolute atomic E-state index is 0.0864. The first-order valence-electron chi connectivity index (χ1n) is 20.5. The van der Waals surface area contributed by atoms with E-state index in [1.165, 1.54) is 11.1 Å². The highest BCUT2D eigenvalue weighted by Gasteiger charge is 2.36. The van der Waals surface area contributed by atoms with Gasteiger partial charge in [0.1, 0.15) is 18.8 Å². The lowest BCUT2D eigenvalue weighted by Crippen LogP contribution is -2.35. The predicted octanol–water partition coefficient (Wildman–Crippen LogP) is 8.41. The lowest BCUT2D eigenvalue weighted by atomic mass is 10.0. The third kappa shape index (κ3) is 9.20. The van der Waals surface area contributed by atoms with Gasteiger partial charge in [0.2, 0.25) is 0 Å². The van der Waals surface area contributed by atoms with Crippen LogP contribution in [0.3, 0.4) is 0 Å². The fourth-order valence-corrected chi connectivity index (χ4v) is 7.95. The minimum atomic E-state index is -0.585. The Bertz CT molecular complexity index is 2150. The van der Waals surface area contributed by atoms with Gasteiger partial charge in [-0.05, 0) is 95.2 Å². The molecular formula is C47H55N5O8. The Hall–Kier alpha value is -6.11. The van der Waals surface area contributed by atoms with Gasteiger partial charge in [0, 0.05) is 51.2 Å². The van der Waals surface area contributed by atoms with Crippen LogP contribution in [-0.2, 0) is 24.4 Å². The first-order chi connectivity index (χ1) is 28.8. The van der Waals surface area contributed by atoms with E-state index in [1.54, 1.807) is 50.4 Å². The second-order valence-electron chi connectivity index (χ2n) is 16.6. The van der Waals surface area contributed by atoms with E-state index in [4.69, 9.17) is 33.7 Å². The molecule has 3 aromatic rings. The quantitative estimate of drug-likeness (QED) is 0.167. The molecule has 0 N–H and O–H groups in total. The summed E-state index contributed by atoms with van der Waals surface area (Å²) in [6.07, 6.45) is 10.3. The highest BCUT2D eigenvalue weighted by molar-refractivity contribution is 6.04. The molecule has 0 unspecified atom stereocenters. The van der Waals surface area contributed by atoms with Gasteiger partial charge in [0.05, 0.1) is 48.8 Å². The maximum atomic E-state index is 13.7. The van der Waals surface area contributed by atoms with Crippen molar-refractivity contribution in [1.29, 1.82) is 0 Å². The van der Waals surface area contributed by atoms with Gasteiger partial charge >= 0.3 is 6.09 Å². The van der Waals surface area contributed by atoms with Crippen LogP contribution in [0.15, 0.2) is 75.7 Å². The Morgan fingerprint density at radius 2 is 1.20 bits per heavy atom. The molecule has 0 spiro atoms. The van der Waals surface area contributed by atoms with E-state index in [0.717, 1.165) is 29.5 Å². The number of allylic oxidation sites excluding steroid dienone is 2. The zero-order chi connectivity index (χ0) is 42.7. The number of ether oxygens (including phenoxy) is 5. The van der Waals surface area contributed by atoms with E-state index in [-0.39, 0.29) is 43.2 Å². The van der Waals surface area contributed by atoms with Gasteiger partial charge < -0.3 is 38.4 Å². The average molecular weight is 818 g/mol. The normalized spacial score (nSPS) is 19.4. The van der Waals surface area contributed by atoms with Crippen molar-refractivity contribution < 1.29 is 38.1 Å². The molecule has 0 aromatic heterocycles. The second-order valence-corrected chi connectivity index (χ2v) is 16.6. The largest absolute Gasteiger partial charge is 0.493 e. The van der Waals surface area contributed by atoms with E-state index < -0.39 is 5.60 Å². The van der Waals surface area contributed by atoms with Gasteiger partial charge in [-0.25, -0.2) is 4.79 Å². The van der Waals surface area contributed by atoms with Gasteiger partial charge in [0.15, 0.2) is 23.0 Å². The maximum absolute atomic E-state index is 13.7. The molecule has 2 saturated heterocycles. The number of hydrogen-bond donors (Lipinski definition) is 0. The van der Waals surface area contributed by atoms with Gasteiger partial charge in [-0.15, -0.1) is 0 Å². The van der Waals surface area contributed by atoms with Crippen molar-refractivity contribution in [2.45, 2.75) is 91.2 Å². The lowest BCUT2D eigenvalue weighted by molar-refractivity contribution is 0.0297. The SMILES string of the molecule is CC=C1C[C@H]2C=Nc3cc(OCc4cc(CCCN(C)C(=O)OC(C)(C)C)cc(COc5cc6c(cc5OC)C(=O)N5CC(=CC)C[C@H]5C=N6)c4)c(OC)cc3C(=O)N2C1. The molecule has 316 valence electrons. The Balaban J connectivity index is 1.12. The fourth-order valence-electron chi connectivity index (χ4n) is 7.95. The molecule has 60 heavy (non-hydrogen) atoms. The van der Waals surface area contributed by atoms with Crippen molar-refractivity contribution in [3.05, 3.63) is 93.6 Å². The molecule has 4 aliphatic heterocycles. The molecule has 2 fully saturated rings. The van der Waals surface area contributed by atoms with Crippen molar-refractivity contribution in [3.63, 3.8) is 0 Å². The summed E-state index contributed by atoms with van der Waals surface area (Å²) in [6, 6.07) is 13.0. The Morgan fingerprint density at radius 3 is 1.63 bits per heavy atom. The van der Waals surface area contributed by atoms with Crippen LogP contribution in [0.25, 0.3) is 0 Å². The molecule has 0 bridgehead atoms. The molecule has 13 nitrogen and oxygen atoms in total. The first-order valence-corrected chi connectivity index (χ1v) is 20.5. The third-order valence-corrected chi connectivity index (χ3v) is 11.2. The lowest BCUT2D eigenvalue weighted by Gasteiger charge is -2.24. The van der Waals surface area contributed by atoms with E-state index in [1.807, 2.05) is 62.9 Å². The van der Waals surface area contributed by atoms with Crippen LogP contribution < -0.4 is 18.9 Å². The number of amides is 3. The number of nitrogens with zero attached hydrogens (tertiary/aromatic N) is 5. The smallest absolute Gasteiger partial charge is 0.410 e. The van der Waals surface area contributed by atoms with Crippen molar-refractivity contribution >= 4 is 41.7 Å². The number of methoxy groups -OCH3 is 2. The number of rotatable bonds is 12. The molecule has 0 radical (unpaired) electrons. The summed E-state index contributed by atoms with van der Waals surface area (Å²) in [6.45, 7) is 11.6. The monoisotopic (exact) mass is 817 g/mol. The van der Waals surface area contributed by atoms with Crippen LogP contribution in [0.5, 0.6) is 23.0 Å².